The number of likely N-dealkylation sites (N-methyl/N-ethyl adjacent to an activating group) is 1. The summed E-state index contributed by atoms with van der Waals surface area (Å²) in [6.07, 6.45) is 0.168. The Morgan fingerprint density at radius 3 is 2.64 bits per heavy atom. The van der Waals surface area contributed by atoms with E-state index in [1.54, 1.807) is 41.3 Å². The van der Waals surface area contributed by atoms with Crippen LogP contribution in [0.15, 0.2) is 48.5 Å². The predicted octanol–water partition coefficient (Wildman–Crippen LogP) is 3.25. The maximum Gasteiger partial charge on any atom is 0.227 e. The molecule has 0 spiro atoms. The average molecular weight is 404 g/mol. The first-order valence-electron chi connectivity index (χ1n) is 9.10. The maximum atomic E-state index is 13.2. The lowest BCUT2D eigenvalue weighted by molar-refractivity contribution is -0.126. The Kier molecular flexibility index (Phi) is 6.31. The lowest BCUT2D eigenvalue weighted by Crippen LogP contribution is -2.38. The van der Waals surface area contributed by atoms with E-state index in [2.05, 4.69) is 5.32 Å². The van der Waals surface area contributed by atoms with Crippen LogP contribution >= 0.6 is 11.6 Å². The Balaban J connectivity index is 1.62. The van der Waals surface area contributed by atoms with Gasteiger partial charge in [-0.05, 0) is 50.0 Å². The van der Waals surface area contributed by atoms with Crippen LogP contribution in [0.2, 0.25) is 5.02 Å². The predicted molar refractivity (Wildman–Crippen MR) is 108 cm³/mol. The van der Waals surface area contributed by atoms with E-state index in [4.69, 9.17) is 11.6 Å². The molecule has 1 saturated heterocycles. The van der Waals surface area contributed by atoms with Crippen molar-refractivity contribution in [2.45, 2.75) is 12.5 Å². The van der Waals surface area contributed by atoms with Crippen LogP contribution < -0.4 is 10.2 Å². The van der Waals surface area contributed by atoms with Crippen LogP contribution in [0.4, 0.5) is 10.1 Å². The van der Waals surface area contributed by atoms with Crippen LogP contribution in [-0.2, 0) is 9.59 Å². The highest BCUT2D eigenvalue weighted by molar-refractivity contribution is 6.31. The molecule has 148 valence electrons. The molecule has 1 N–H and O–H groups in total. The van der Waals surface area contributed by atoms with Gasteiger partial charge in [-0.15, -0.1) is 0 Å². The number of benzene rings is 2. The summed E-state index contributed by atoms with van der Waals surface area (Å²) in [5.74, 6) is -0.963. The monoisotopic (exact) mass is 403 g/mol. The minimum atomic E-state index is -0.414. The fourth-order valence-electron chi connectivity index (χ4n) is 3.40. The number of anilines is 1. The normalized spacial score (nSPS) is 17.8. The van der Waals surface area contributed by atoms with E-state index in [0.29, 0.717) is 23.8 Å². The Bertz CT molecular complexity index is 857. The number of nitrogens with one attached hydrogen (secondary N) is 1. The van der Waals surface area contributed by atoms with Crippen molar-refractivity contribution in [3.63, 3.8) is 0 Å². The molecule has 7 heteroatoms. The molecule has 1 aliphatic heterocycles. The summed E-state index contributed by atoms with van der Waals surface area (Å²) < 4.78 is 13.2. The van der Waals surface area contributed by atoms with Crippen molar-refractivity contribution < 1.29 is 14.0 Å². The smallest absolute Gasteiger partial charge is 0.227 e. The van der Waals surface area contributed by atoms with Gasteiger partial charge in [-0.1, -0.05) is 29.8 Å². The highest BCUT2D eigenvalue weighted by atomic mass is 35.5. The second kappa shape index (κ2) is 8.71. The lowest BCUT2D eigenvalue weighted by atomic mass is 10.0. The molecule has 5 nitrogen and oxygen atoms in total. The van der Waals surface area contributed by atoms with Gasteiger partial charge in [0.2, 0.25) is 11.8 Å². The molecule has 0 aromatic heterocycles. The molecule has 1 fully saturated rings. The molecule has 28 heavy (non-hydrogen) atoms. The first kappa shape index (κ1) is 20.3. The van der Waals surface area contributed by atoms with Crippen LogP contribution in [0.5, 0.6) is 0 Å². The zero-order chi connectivity index (χ0) is 20.3. The zero-order valence-electron chi connectivity index (χ0n) is 15.9. The van der Waals surface area contributed by atoms with E-state index in [-0.39, 0.29) is 30.1 Å². The Hall–Kier alpha value is -2.44. The molecule has 0 aliphatic carbocycles. The summed E-state index contributed by atoms with van der Waals surface area (Å²) in [4.78, 5) is 28.6. The molecule has 0 bridgehead atoms. The first-order valence-corrected chi connectivity index (χ1v) is 9.48. The highest BCUT2D eigenvalue weighted by Crippen LogP contribution is 2.27. The van der Waals surface area contributed by atoms with E-state index in [9.17, 15) is 14.0 Å². The molecule has 2 atom stereocenters. The summed E-state index contributed by atoms with van der Waals surface area (Å²) in [7, 11) is 3.81. The number of hydrogen-bond acceptors (Lipinski definition) is 3. The van der Waals surface area contributed by atoms with Gasteiger partial charge in [0.25, 0.3) is 0 Å². The topological polar surface area (TPSA) is 52.7 Å². The van der Waals surface area contributed by atoms with Gasteiger partial charge in [-0.25, -0.2) is 4.39 Å². The van der Waals surface area contributed by atoms with Gasteiger partial charge in [-0.2, -0.15) is 0 Å². The molecule has 2 unspecified atom stereocenters. The third kappa shape index (κ3) is 4.69. The number of hydrogen-bond donors (Lipinski definition) is 1. The van der Waals surface area contributed by atoms with Gasteiger partial charge in [-0.3, -0.25) is 9.59 Å². The molecule has 2 aromatic carbocycles. The minimum absolute atomic E-state index is 0.0920. The van der Waals surface area contributed by atoms with E-state index in [1.165, 1.54) is 12.1 Å². The fourth-order valence-corrected chi connectivity index (χ4v) is 3.59. The van der Waals surface area contributed by atoms with Crippen molar-refractivity contribution in [3.8, 4) is 0 Å². The summed E-state index contributed by atoms with van der Waals surface area (Å²) in [5, 5.41) is 3.49. The number of nitrogens with zero attached hydrogens (tertiary/aromatic N) is 2. The molecule has 3 rings (SSSR count). The molecular formula is C21H23ClFN3O2. The van der Waals surface area contributed by atoms with E-state index < -0.39 is 5.92 Å². The van der Waals surface area contributed by atoms with Gasteiger partial charge < -0.3 is 15.1 Å². The van der Waals surface area contributed by atoms with Crippen LogP contribution in [0.1, 0.15) is 18.0 Å². The van der Waals surface area contributed by atoms with Gasteiger partial charge in [0.15, 0.2) is 0 Å². The van der Waals surface area contributed by atoms with Gasteiger partial charge >= 0.3 is 0 Å². The summed E-state index contributed by atoms with van der Waals surface area (Å²) in [6, 6.07) is 13.2. The average Bonchev–Trinajstić information content (AvgIpc) is 3.05. The Morgan fingerprint density at radius 2 is 2.00 bits per heavy atom. The van der Waals surface area contributed by atoms with E-state index in [0.717, 1.165) is 5.56 Å². The molecule has 1 aliphatic rings. The third-order valence-electron chi connectivity index (χ3n) is 4.96. The van der Waals surface area contributed by atoms with Crippen molar-refractivity contribution in [3.05, 3.63) is 64.9 Å². The summed E-state index contributed by atoms with van der Waals surface area (Å²) in [5.41, 5.74) is 1.61. The minimum Gasteiger partial charge on any atom is -0.354 e. The molecule has 0 radical (unpaired) electrons. The molecule has 2 amide bonds. The van der Waals surface area contributed by atoms with Crippen molar-refractivity contribution in [1.29, 1.82) is 0 Å². The van der Waals surface area contributed by atoms with Gasteiger partial charge in [0.05, 0.1) is 12.0 Å². The van der Waals surface area contributed by atoms with Crippen LogP contribution in [-0.4, -0.2) is 43.9 Å². The third-order valence-corrected chi connectivity index (χ3v) is 5.20. The number of halogens is 2. The first-order chi connectivity index (χ1) is 13.3. The lowest BCUT2D eigenvalue weighted by Gasteiger charge is -2.25. The van der Waals surface area contributed by atoms with E-state index >= 15 is 0 Å². The molecule has 2 aromatic rings. The summed E-state index contributed by atoms with van der Waals surface area (Å²) >= 11 is 6.01. The number of amides is 2. The fraction of sp³-hybridized carbons (Fsp3) is 0.333. The molecule has 1 heterocycles. The van der Waals surface area contributed by atoms with Crippen LogP contribution in [0.3, 0.4) is 0 Å². The Morgan fingerprint density at radius 1 is 1.29 bits per heavy atom. The SMILES string of the molecule is CN(C)C(CNC(=O)C1CC(=O)N(c2cccc(Cl)c2)C1)c1ccc(F)cc1. The highest BCUT2D eigenvalue weighted by Gasteiger charge is 2.35. The Labute approximate surface area is 169 Å². The summed E-state index contributed by atoms with van der Waals surface area (Å²) in [6.45, 7) is 0.702. The van der Waals surface area contributed by atoms with E-state index in [1.807, 2.05) is 19.0 Å². The number of carbonyl (C=O) groups excluding carboxylic acids is 2. The van der Waals surface area contributed by atoms with Crippen molar-refractivity contribution in [2.75, 3.05) is 32.1 Å². The number of rotatable bonds is 6. The van der Waals surface area contributed by atoms with Crippen molar-refractivity contribution >= 4 is 29.1 Å². The maximum absolute atomic E-state index is 13.2. The molecule has 0 saturated carbocycles. The largest absolute Gasteiger partial charge is 0.354 e. The number of carbonyl (C=O) groups is 2. The molecular weight excluding hydrogens is 381 g/mol. The van der Waals surface area contributed by atoms with Crippen LogP contribution in [0.25, 0.3) is 0 Å². The van der Waals surface area contributed by atoms with Crippen LogP contribution in [0, 0.1) is 11.7 Å². The van der Waals surface area contributed by atoms with Gasteiger partial charge in [0, 0.05) is 30.2 Å². The van der Waals surface area contributed by atoms with Crippen molar-refractivity contribution in [2.24, 2.45) is 5.92 Å². The quantitative estimate of drug-likeness (QED) is 0.805. The second-order valence-electron chi connectivity index (χ2n) is 7.16. The standard InChI is InChI=1S/C21H23ClFN3O2/c1-25(2)19(14-6-8-17(23)9-7-14)12-24-21(28)15-10-20(27)26(13-15)18-5-3-4-16(22)11-18/h3-9,11,15,19H,10,12-13H2,1-2H3,(H,24,28). The van der Waals surface area contributed by atoms with Gasteiger partial charge in [0.1, 0.15) is 5.82 Å². The second-order valence-corrected chi connectivity index (χ2v) is 7.60. The van der Waals surface area contributed by atoms with Crippen molar-refractivity contribution in [1.82, 2.24) is 10.2 Å². The zero-order valence-corrected chi connectivity index (χ0v) is 16.6.